The Balaban J connectivity index is 2.75. The Hall–Kier alpha value is -0.570. The van der Waals surface area contributed by atoms with E-state index in [2.05, 4.69) is 26.1 Å². The molecule has 0 aromatic rings. The highest BCUT2D eigenvalue weighted by Gasteiger charge is 2.42. The molecule has 16 heavy (non-hydrogen) atoms. The average Bonchev–Trinajstić information content (AvgIpc) is 2.28. The molecule has 1 aliphatic rings. The number of nitrogens with one attached hydrogen (secondary N) is 1. The van der Waals surface area contributed by atoms with Crippen LogP contribution in [0.4, 0.5) is 0 Å². The molecule has 2 N–H and O–H groups in total. The standard InChI is InChI=1S/C13H25NO2/c1-4-10(3)14-13(12(15)16)8-6-7-11(5-2)9-13/h10-11,14H,4-9H2,1-3H3,(H,15,16). The van der Waals surface area contributed by atoms with Gasteiger partial charge in [0.05, 0.1) is 0 Å². The van der Waals surface area contributed by atoms with Gasteiger partial charge in [-0.3, -0.25) is 10.1 Å². The quantitative estimate of drug-likeness (QED) is 0.759. The highest BCUT2D eigenvalue weighted by Crippen LogP contribution is 2.35. The largest absolute Gasteiger partial charge is 0.480 e. The third-order valence-corrected chi connectivity index (χ3v) is 3.97. The second-order valence-electron chi connectivity index (χ2n) is 5.21. The maximum Gasteiger partial charge on any atom is 0.323 e. The molecule has 0 saturated heterocycles. The molecule has 0 aromatic carbocycles. The maximum absolute atomic E-state index is 11.5. The predicted octanol–water partition coefficient (Wildman–Crippen LogP) is 2.80. The van der Waals surface area contributed by atoms with Crippen molar-refractivity contribution in [3.8, 4) is 0 Å². The fraction of sp³-hybridized carbons (Fsp3) is 0.923. The number of carbonyl (C=O) groups is 1. The van der Waals surface area contributed by atoms with Gasteiger partial charge in [-0.1, -0.05) is 33.1 Å². The van der Waals surface area contributed by atoms with Crippen molar-refractivity contribution in [1.29, 1.82) is 0 Å². The third-order valence-electron chi connectivity index (χ3n) is 3.97. The Morgan fingerprint density at radius 1 is 1.56 bits per heavy atom. The van der Waals surface area contributed by atoms with Crippen LogP contribution in [0.5, 0.6) is 0 Å². The van der Waals surface area contributed by atoms with Gasteiger partial charge in [-0.15, -0.1) is 0 Å². The SMILES string of the molecule is CCC1CCCC(NC(C)CC)(C(=O)O)C1. The van der Waals surface area contributed by atoms with Gasteiger partial charge in [0.15, 0.2) is 0 Å². The van der Waals surface area contributed by atoms with Crippen LogP contribution in [0.3, 0.4) is 0 Å². The summed E-state index contributed by atoms with van der Waals surface area (Å²) in [5.41, 5.74) is -0.658. The third kappa shape index (κ3) is 2.97. The van der Waals surface area contributed by atoms with Crippen LogP contribution < -0.4 is 5.32 Å². The van der Waals surface area contributed by atoms with Crippen LogP contribution in [0, 0.1) is 5.92 Å². The molecular formula is C13H25NO2. The molecule has 0 aliphatic heterocycles. The average molecular weight is 227 g/mol. The van der Waals surface area contributed by atoms with E-state index in [1.54, 1.807) is 0 Å². The van der Waals surface area contributed by atoms with Crippen molar-refractivity contribution in [2.75, 3.05) is 0 Å². The van der Waals surface area contributed by atoms with E-state index in [9.17, 15) is 9.90 Å². The summed E-state index contributed by atoms with van der Waals surface area (Å²) < 4.78 is 0. The van der Waals surface area contributed by atoms with Crippen molar-refractivity contribution in [3.05, 3.63) is 0 Å². The molecule has 0 radical (unpaired) electrons. The number of rotatable bonds is 5. The molecular weight excluding hydrogens is 202 g/mol. The lowest BCUT2D eigenvalue weighted by atomic mass is 9.74. The van der Waals surface area contributed by atoms with Crippen molar-refractivity contribution in [3.63, 3.8) is 0 Å². The van der Waals surface area contributed by atoms with Gasteiger partial charge >= 0.3 is 5.97 Å². The number of hydrogen-bond donors (Lipinski definition) is 2. The molecule has 94 valence electrons. The van der Waals surface area contributed by atoms with E-state index in [-0.39, 0.29) is 6.04 Å². The highest BCUT2D eigenvalue weighted by atomic mass is 16.4. The Bertz CT molecular complexity index is 238. The number of carboxylic acids is 1. The zero-order valence-corrected chi connectivity index (χ0v) is 10.8. The molecule has 1 fully saturated rings. The summed E-state index contributed by atoms with van der Waals surface area (Å²) in [6.45, 7) is 6.32. The van der Waals surface area contributed by atoms with Crippen LogP contribution in [0.15, 0.2) is 0 Å². The molecule has 1 rings (SSSR count). The van der Waals surface area contributed by atoms with E-state index in [0.717, 1.165) is 32.1 Å². The van der Waals surface area contributed by atoms with Crippen LogP contribution in [0.25, 0.3) is 0 Å². The highest BCUT2D eigenvalue weighted by molar-refractivity contribution is 5.79. The molecule has 0 amide bonds. The van der Waals surface area contributed by atoms with E-state index in [1.165, 1.54) is 6.42 Å². The van der Waals surface area contributed by atoms with Crippen LogP contribution in [0.2, 0.25) is 0 Å². The maximum atomic E-state index is 11.5. The molecule has 1 aliphatic carbocycles. The van der Waals surface area contributed by atoms with Crippen molar-refractivity contribution < 1.29 is 9.90 Å². The summed E-state index contributed by atoms with van der Waals surface area (Å²) in [7, 11) is 0. The molecule has 0 aromatic heterocycles. The molecule has 0 heterocycles. The van der Waals surface area contributed by atoms with Crippen molar-refractivity contribution in [2.45, 2.75) is 70.9 Å². The molecule has 3 unspecified atom stereocenters. The molecule has 0 spiro atoms. The van der Waals surface area contributed by atoms with Gasteiger partial charge in [0.2, 0.25) is 0 Å². The van der Waals surface area contributed by atoms with Gasteiger partial charge in [-0.05, 0) is 32.1 Å². The Morgan fingerprint density at radius 2 is 2.25 bits per heavy atom. The van der Waals surface area contributed by atoms with Gasteiger partial charge in [-0.25, -0.2) is 0 Å². The fourth-order valence-electron chi connectivity index (χ4n) is 2.70. The summed E-state index contributed by atoms with van der Waals surface area (Å²) >= 11 is 0. The van der Waals surface area contributed by atoms with Crippen LogP contribution in [-0.2, 0) is 4.79 Å². The topological polar surface area (TPSA) is 49.3 Å². The molecule has 3 nitrogen and oxygen atoms in total. The monoisotopic (exact) mass is 227 g/mol. The number of aliphatic carboxylic acids is 1. The lowest BCUT2D eigenvalue weighted by Gasteiger charge is -2.40. The zero-order valence-electron chi connectivity index (χ0n) is 10.8. The predicted molar refractivity (Wildman–Crippen MR) is 65.5 cm³/mol. The summed E-state index contributed by atoms with van der Waals surface area (Å²) in [4.78, 5) is 11.5. The van der Waals surface area contributed by atoms with E-state index in [4.69, 9.17) is 0 Å². The lowest BCUT2D eigenvalue weighted by Crippen LogP contribution is -2.57. The Kier molecular flexibility index (Phi) is 4.78. The normalized spacial score (nSPS) is 32.3. The number of carboxylic acid groups (broad SMARTS) is 1. The van der Waals surface area contributed by atoms with Crippen molar-refractivity contribution in [2.24, 2.45) is 5.92 Å². The van der Waals surface area contributed by atoms with Gasteiger partial charge in [0.25, 0.3) is 0 Å². The van der Waals surface area contributed by atoms with E-state index in [1.807, 2.05) is 0 Å². The molecule has 3 atom stereocenters. The van der Waals surface area contributed by atoms with Crippen molar-refractivity contribution in [1.82, 2.24) is 5.32 Å². The minimum atomic E-state index is -0.661. The molecule has 0 bridgehead atoms. The second-order valence-corrected chi connectivity index (χ2v) is 5.21. The van der Waals surface area contributed by atoms with E-state index < -0.39 is 11.5 Å². The summed E-state index contributed by atoms with van der Waals surface area (Å²) in [5, 5.41) is 12.8. The van der Waals surface area contributed by atoms with Crippen LogP contribution >= 0.6 is 0 Å². The van der Waals surface area contributed by atoms with Crippen molar-refractivity contribution >= 4 is 5.97 Å². The first-order valence-corrected chi connectivity index (χ1v) is 6.55. The first-order chi connectivity index (χ1) is 7.54. The minimum Gasteiger partial charge on any atom is -0.480 e. The van der Waals surface area contributed by atoms with E-state index >= 15 is 0 Å². The second kappa shape index (κ2) is 5.67. The van der Waals surface area contributed by atoms with Crippen LogP contribution in [0.1, 0.15) is 59.3 Å². The Labute approximate surface area is 98.6 Å². The first-order valence-electron chi connectivity index (χ1n) is 6.55. The lowest BCUT2D eigenvalue weighted by molar-refractivity contribution is -0.147. The smallest absolute Gasteiger partial charge is 0.323 e. The minimum absolute atomic E-state index is 0.284. The van der Waals surface area contributed by atoms with E-state index in [0.29, 0.717) is 5.92 Å². The van der Waals surface area contributed by atoms with Crippen LogP contribution in [-0.4, -0.2) is 22.7 Å². The van der Waals surface area contributed by atoms with Gasteiger partial charge in [-0.2, -0.15) is 0 Å². The molecule has 1 saturated carbocycles. The summed E-state index contributed by atoms with van der Waals surface area (Å²) in [6, 6.07) is 0.284. The van der Waals surface area contributed by atoms with Gasteiger partial charge in [0.1, 0.15) is 5.54 Å². The summed E-state index contributed by atoms with van der Waals surface area (Å²) in [5.74, 6) is -0.0904. The van der Waals surface area contributed by atoms with Gasteiger partial charge in [0, 0.05) is 6.04 Å². The zero-order chi connectivity index (χ0) is 12.2. The molecule has 3 heteroatoms. The first kappa shape index (κ1) is 13.5. The Morgan fingerprint density at radius 3 is 2.75 bits per heavy atom. The van der Waals surface area contributed by atoms with Gasteiger partial charge < -0.3 is 5.11 Å². The fourth-order valence-corrected chi connectivity index (χ4v) is 2.70. The number of hydrogen-bond acceptors (Lipinski definition) is 2. The summed E-state index contributed by atoms with van der Waals surface area (Å²) in [6.07, 6.45) is 5.87.